The van der Waals surface area contributed by atoms with Crippen LogP contribution in [0.5, 0.6) is 0 Å². The van der Waals surface area contributed by atoms with E-state index in [-0.39, 0.29) is 11.1 Å². The number of carbonyl (C=O) groups excluding carboxylic acids is 2. The second kappa shape index (κ2) is 9.30. The van der Waals surface area contributed by atoms with Gasteiger partial charge in [0.15, 0.2) is 6.21 Å². The van der Waals surface area contributed by atoms with Crippen molar-refractivity contribution in [2.24, 2.45) is 0 Å². The predicted octanol–water partition coefficient (Wildman–Crippen LogP) is 3.53. The topological polar surface area (TPSA) is 90.7 Å². The van der Waals surface area contributed by atoms with Crippen LogP contribution >= 0.6 is 0 Å². The summed E-state index contributed by atoms with van der Waals surface area (Å²) < 4.78 is 10.7. The fraction of sp³-hybridized carbons (Fsp3) is 0.208. The molecule has 0 fully saturated rings. The van der Waals surface area contributed by atoms with E-state index in [9.17, 15) is 14.8 Å². The van der Waals surface area contributed by atoms with E-state index in [1.54, 1.807) is 38.1 Å². The van der Waals surface area contributed by atoms with Crippen LogP contribution in [0.4, 0.5) is 5.69 Å². The number of rotatable bonds is 5. The van der Waals surface area contributed by atoms with Crippen molar-refractivity contribution < 1.29 is 23.8 Å². The summed E-state index contributed by atoms with van der Waals surface area (Å²) in [5.74, 6) is -1.88. The summed E-state index contributed by atoms with van der Waals surface area (Å²) in [6.45, 7) is 3.48. The lowest BCUT2D eigenvalue weighted by molar-refractivity contribution is -0.354. The largest absolute Gasteiger partial charge is 0.618 e. The zero-order chi connectivity index (χ0) is 22.5. The van der Waals surface area contributed by atoms with Gasteiger partial charge in [0.05, 0.1) is 31.3 Å². The molecule has 0 bridgehead atoms. The highest BCUT2D eigenvalue weighted by atomic mass is 16.5. The smallest absolute Gasteiger partial charge is 0.336 e. The first-order chi connectivity index (χ1) is 14.9. The Labute approximate surface area is 180 Å². The molecule has 0 atom stereocenters. The SMILES string of the molecule is COC(=O)C1=C(C)NC(C)=C(C(=O)OC)C1c1cccc([N+]([O-])=Cc2ccccc2)c1. The van der Waals surface area contributed by atoms with Crippen molar-refractivity contribution in [2.45, 2.75) is 19.8 Å². The van der Waals surface area contributed by atoms with Crippen LogP contribution in [0.2, 0.25) is 0 Å². The van der Waals surface area contributed by atoms with Gasteiger partial charge in [-0.1, -0.05) is 30.3 Å². The Hall–Kier alpha value is -3.87. The Morgan fingerprint density at radius 1 is 0.935 bits per heavy atom. The quantitative estimate of drug-likeness (QED) is 0.262. The third kappa shape index (κ3) is 4.50. The molecule has 7 heteroatoms. The highest BCUT2D eigenvalue weighted by Crippen LogP contribution is 2.39. The lowest BCUT2D eigenvalue weighted by Crippen LogP contribution is -2.32. The molecule has 3 rings (SSSR count). The Bertz CT molecular complexity index is 1060. The molecule has 0 spiro atoms. The van der Waals surface area contributed by atoms with Gasteiger partial charge >= 0.3 is 11.9 Å². The molecule has 0 saturated heterocycles. The van der Waals surface area contributed by atoms with E-state index in [1.165, 1.54) is 20.4 Å². The summed E-state index contributed by atoms with van der Waals surface area (Å²) >= 11 is 0. The Kier molecular flexibility index (Phi) is 6.55. The maximum atomic E-state index is 12.8. The number of dihydropyridines is 1. The Balaban J connectivity index is 2.14. The molecule has 0 radical (unpaired) electrons. The van der Waals surface area contributed by atoms with Crippen LogP contribution in [-0.4, -0.2) is 37.1 Å². The zero-order valence-corrected chi connectivity index (χ0v) is 17.8. The van der Waals surface area contributed by atoms with Crippen molar-refractivity contribution in [1.29, 1.82) is 0 Å². The lowest BCUT2D eigenvalue weighted by Gasteiger charge is -2.30. The molecule has 2 aromatic carbocycles. The third-order valence-electron chi connectivity index (χ3n) is 5.09. The highest BCUT2D eigenvalue weighted by molar-refractivity contribution is 5.99. The first kappa shape index (κ1) is 21.8. The number of esters is 2. The van der Waals surface area contributed by atoms with E-state index in [0.717, 1.165) is 10.3 Å². The van der Waals surface area contributed by atoms with Crippen molar-refractivity contribution in [3.8, 4) is 0 Å². The number of hydrogen-bond acceptors (Lipinski definition) is 6. The van der Waals surface area contributed by atoms with Gasteiger partial charge in [-0.15, -0.1) is 0 Å². The molecule has 1 N–H and O–H groups in total. The van der Waals surface area contributed by atoms with Crippen molar-refractivity contribution in [3.05, 3.63) is 93.5 Å². The predicted molar refractivity (Wildman–Crippen MR) is 117 cm³/mol. The monoisotopic (exact) mass is 420 g/mol. The van der Waals surface area contributed by atoms with Crippen molar-refractivity contribution >= 4 is 23.8 Å². The van der Waals surface area contributed by atoms with E-state index < -0.39 is 17.9 Å². The van der Waals surface area contributed by atoms with Crippen LogP contribution in [0, 0.1) is 5.21 Å². The van der Waals surface area contributed by atoms with Gasteiger partial charge in [-0.25, -0.2) is 9.59 Å². The molecule has 31 heavy (non-hydrogen) atoms. The fourth-order valence-electron chi connectivity index (χ4n) is 3.68. The molecule has 0 amide bonds. The molecule has 0 saturated carbocycles. The van der Waals surface area contributed by atoms with Gasteiger partial charge in [0.2, 0.25) is 5.69 Å². The molecule has 0 aliphatic carbocycles. The molecule has 0 aromatic heterocycles. The van der Waals surface area contributed by atoms with Crippen molar-refractivity contribution in [1.82, 2.24) is 5.32 Å². The average molecular weight is 420 g/mol. The molecular formula is C24H24N2O5. The van der Waals surface area contributed by atoms with Gasteiger partial charge in [-0.2, -0.15) is 4.74 Å². The van der Waals surface area contributed by atoms with E-state index in [0.29, 0.717) is 22.6 Å². The lowest BCUT2D eigenvalue weighted by atomic mass is 9.80. The van der Waals surface area contributed by atoms with E-state index >= 15 is 0 Å². The van der Waals surface area contributed by atoms with E-state index in [1.807, 2.05) is 30.3 Å². The number of benzene rings is 2. The molecule has 0 unspecified atom stereocenters. The summed E-state index contributed by atoms with van der Waals surface area (Å²) in [6.07, 6.45) is 1.46. The summed E-state index contributed by atoms with van der Waals surface area (Å²) in [4.78, 5) is 25.2. The first-order valence-corrected chi connectivity index (χ1v) is 9.68. The first-order valence-electron chi connectivity index (χ1n) is 9.68. The normalized spacial score (nSPS) is 14.9. The summed E-state index contributed by atoms with van der Waals surface area (Å²) in [7, 11) is 2.57. The molecule has 2 aromatic rings. The van der Waals surface area contributed by atoms with E-state index in [2.05, 4.69) is 5.32 Å². The number of carbonyl (C=O) groups is 2. The average Bonchev–Trinajstić information content (AvgIpc) is 2.78. The van der Waals surface area contributed by atoms with Gasteiger partial charge in [0.25, 0.3) is 0 Å². The minimum Gasteiger partial charge on any atom is -0.618 e. The minimum absolute atomic E-state index is 0.287. The number of ether oxygens (including phenoxy) is 2. The van der Waals surface area contributed by atoms with Crippen LogP contribution in [0.3, 0.4) is 0 Å². The molecule has 1 aliphatic heterocycles. The zero-order valence-electron chi connectivity index (χ0n) is 17.8. The maximum absolute atomic E-state index is 12.8. The fourth-order valence-corrected chi connectivity index (χ4v) is 3.68. The van der Waals surface area contributed by atoms with Gasteiger partial charge in [-0.05, 0) is 31.5 Å². The third-order valence-corrected chi connectivity index (χ3v) is 5.09. The second-order valence-corrected chi connectivity index (χ2v) is 7.08. The van der Waals surface area contributed by atoms with E-state index in [4.69, 9.17) is 9.47 Å². The van der Waals surface area contributed by atoms with Crippen LogP contribution in [0.15, 0.2) is 77.1 Å². The minimum atomic E-state index is -0.744. The number of methoxy groups -OCH3 is 2. The maximum Gasteiger partial charge on any atom is 0.336 e. The Morgan fingerprint density at radius 3 is 2.06 bits per heavy atom. The Morgan fingerprint density at radius 2 is 1.52 bits per heavy atom. The number of hydrogen-bond donors (Lipinski definition) is 1. The number of nitrogens with zero attached hydrogens (tertiary/aromatic N) is 1. The highest BCUT2D eigenvalue weighted by Gasteiger charge is 2.37. The second-order valence-electron chi connectivity index (χ2n) is 7.08. The summed E-state index contributed by atoms with van der Waals surface area (Å²) in [6, 6.07) is 16.0. The molecular weight excluding hydrogens is 396 g/mol. The molecule has 160 valence electrons. The molecule has 1 heterocycles. The van der Waals surface area contributed by atoms with Gasteiger partial charge < -0.3 is 20.0 Å². The van der Waals surface area contributed by atoms with Gasteiger partial charge in [0, 0.05) is 29.1 Å². The van der Waals surface area contributed by atoms with Crippen molar-refractivity contribution in [2.75, 3.05) is 14.2 Å². The summed E-state index contributed by atoms with van der Waals surface area (Å²) in [5, 5.41) is 15.8. The number of nitrogens with one attached hydrogen (secondary N) is 1. The standard InChI is InChI=1S/C24H24N2O5/c1-15-20(23(27)30-3)22(21(16(2)25-15)24(28)31-4)18-11-8-12-19(13-18)26(29)14-17-9-6-5-7-10-17/h5-14,22,25H,1-4H3. The number of allylic oxidation sites excluding steroid dienone is 2. The van der Waals surface area contributed by atoms with Crippen LogP contribution < -0.4 is 5.32 Å². The van der Waals surface area contributed by atoms with Crippen LogP contribution in [0.1, 0.15) is 30.9 Å². The van der Waals surface area contributed by atoms with Gasteiger partial charge in [0.1, 0.15) is 0 Å². The van der Waals surface area contributed by atoms with Gasteiger partial charge in [-0.3, -0.25) is 0 Å². The molecule has 1 aliphatic rings. The van der Waals surface area contributed by atoms with Crippen LogP contribution in [-0.2, 0) is 19.1 Å². The van der Waals surface area contributed by atoms with Crippen molar-refractivity contribution in [3.63, 3.8) is 0 Å². The molecule has 7 nitrogen and oxygen atoms in total. The summed E-state index contributed by atoms with van der Waals surface area (Å²) in [5.41, 5.74) is 3.43. The van der Waals surface area contributed by atoms with Crippen LogP contribution in [0.25, 0.3) is 0 Å².